The predicted octanol–water partition coefficient (Wildman–Crippen LogP) is 1.66. The third-order valence-electron chi connectivity index (χ3n) is 6.01. The second-order valence-electron chi connectivity index (χ2n) is 8.28. The Bertz CT molecular complexity index is 1350. The van der Waals surface area contributed by atoms with E-state index in [0.29, 0.717) is 5.65 Å². The zero-order valence-corrected chi connectivity index (χ0v) is 22.6. The van der Waals surface area contributed by atoms with Gasteiger partial charge in [0, 0.05) is 51.8 Å². The fraction of sp³-hybridized carbons (Fsp3) is 0.429. The van der Waals surface area contributed by atoms with Gasteiger partial charge in [0.25, 0.3) is 0 Å². The Kier molecular flexibility index (Phi) is 7.31. The molecule has 1 amide bonds. The molecule has 1 N–H and O–H groups in total. The number of rotatable bonds is 7. The van der Waals surface area contributed by atoms with Gasteiger partial charge in [-0.05, 0) is 31.9 Å². The minimum Gasteiger partial charge on any atom is -0.358 e. The number of fused-ring (bicyclic) bond motifs is 1. The van der Waals surface area contributed by atoms with Gasteiger partial charge in [0.05, 0.1) is 30.1 Å². The van der Waals surface area contributed by atoms with E-state index in [0.717, 1.165) is 24.1 Å². The minimum absolute atomic E-state index is 0. The summed E-state index contributed by atoms with van der Waals surface area (Å²) in [5.74, 6) is 0.259. The molecule has 0 spiro atoms. The SMILES string of the molecule is CCS(=O)(=O)N1CC(CC#N)(n2cc(-c3cccc4nc(NC(=O)C5CC5)nn34)cn2)C1.[CH3-].[W]. The number of hydrogen-bond acceptors (Lipinski definition) is 7. The average molecular weight is 653 g/mol. The van der Waals surface area contributed by atoms with Crippen LogP contribution in [0.25, 0.3) is 16.9 Å². The summed E-state index contributed by atoms with van der Waals surface area (Å²) in [6.07, 6.45) is 5.39. The van der Waals surface area contributed by atoms with Crippen LogP contribution in [0.3, 0.4) is 0 Å². The molecule has 2 aliphatic rings. The first-order chi connectivity index (χ1) is 15.3. The zero-order valence-electron chi connectivity index (χ0n) is 18.9. The van der Waals surface area contributed by atoms with Crippen LogP contribution in [0.4, 0.5) is 5.95 Å². The van der Waals surface area contributed by atoms with E-state index in [-0.39, 0.29) is 71.5 Å². The van der Waals surface area contributed by atoms with Crippen molar-refractivity contribution in [3.8, 4) is 17.3 Å². The van der Waals surface area contributed by atoms with Gasteiger partial charge >= 0.3 is 0 Å². The van der Waals surface area contributed by atoms with Gasteiger partial charge in [-0.3, -0.25) is 14.8 Å². The van der Waals surface area contributed by atoms with Gasteiger partial charge in [-0.2, -0.15) is 19.6 Å². The molecule has 3 aromatic heterocycles. The molecule has 0 atom stereocenters. The molecule has 0 bridgehead atoms. The van der Waals surface area contributed by atoms with Crippen molar-refractivity contribution in [3.63, 3.8) is 0 Å². The summed E-state index contributed by atoms with van der Waals surface area (Å²) in [5, 5.41) is 21.0. The summed E-state index contributed by atoms with van der Waals surface area (Å²) in [6.45, 7) is 2.02. The second kappa shape index (κ2) is 9.56. The van der Waals surface area contributed by atoms with Crippen LogP contribution >= 0.6 is 0 Å². The number of anilines is 1. The molecule has 13 heteroatoms. The van der Waals surface area contributed by atoms with Crippen LogP contribution in [0.2, 0.25) is 0 Å². The Labute approximate surface area is 212 Å². The summed E-state index contributed by atoms with van der Waals surface area (Å²) < 4.78 is 29.0. The van der Waals surface area contributed by atoms with E-state index in [1.54, 1.807) is 34.6 Å². The van der Waals surface area contributed by atoms with E-state index in [1.807, 2.05) is 12.1 Å². The third kappa shape index (κ3) is 4.52. The topological polar surface area (TPSA) is 138 Å². The number of pyridine rings is 1. The molecule has 5 rings (SSSR count). The van der Waals surface area contributed by atoms with Crippen LogP contribution in [0.5, 0.6) is 0 Å². The molecule has 0 unspecified atom stereocenters. The minimum atomic E-state index is -3.32. The zero-order chi connectivity index (χ0) is 22.5. The number of aromatic nitrogens is 5. The fourth-order valence-corrected chi connectivity index (χ4v) is 5.16. The maximum absolute atomic E-state index is 12.2. The van der Waals surface area contributed by atoms with E-state index in [4.69, 9.17) is 0 Å². The summed E-state index contributed by atoms with van der Waals surface area (Å²) in [4.78, 5) is 16.4. The molecule has 0 aromatic carbocycles. The average Bonchev–Trinajstić information content (AvgIpc) is 3.34. The molecule has 1 saturated heterocycles. The Morgan fingerprint density at radius 2 is 2.06 bits per heavy atom. The largest absolute Gasteiger partial charge is 0.358 e. The van der Waals surface area contributed by atoms with E-state index < -0.39 is 15.6 Å². The summed E-state index contributed by atoms with van der Waals surface area (Å²) >= 11 is 0. The Morgan fingerprint density at radius 3 is 2.71 bits per heavy atom. The van der Waals surface area contributed by atoms with Crippen LogP contribution in [-0.2, 0) is 41.4 Å². The molecule has 1 aliphatic carbocycles. The number of nitriles is 1. The molecule has 4 heterocycles. The number of hydrogen-bond donors (Lipinski definition) is 1. The number of nitrogens with one attached hydrogen (secondary N) is 1. The Morgan fingerprint density at radius 1 is 1.32 bits per heavy atom. The third-order valence-corrected chi connectivity index (χ3v) is 7.79. The van der Waals surface area contributed by atoms with Gasteiger partial charge in [0.2, 0.25) is 21.9 Å². The molecule has 0 radical (unpaired) electrons. The molecule has 2 fully saturated rings. The van der Waals surface area contributed by atoms with Crippen molar-refractivity contribution in [2.75, 3.05) is 24.2 Å². The van der Waals surface area contributed by atoms with E-state index in [2.05, 4.69) is 26.6 Å². The van der Waals surface area contributed by atoms with E-state index in [1.165, 1.54) is 4.31 Å². The Hall–Kier alpha value is -2.61. The quantitative estimate of drug-likeness (QED) is 0.383. The summed E-state index contributed by atoms with van der Waals surface area (Å²) in [5.41, 5.74) is 1.35. The molecule has 1 aliphatic heterocycles. The van der Waals surface area contributed by atoms with Gasteiger partial charge in [-0.15, -0.1) is 5.10 Å². The van der Waals surface area contributed by atoms with Gasteiger partial charge in [0.15, 0.2) is 5.65 Å². The molecule has 11 nitrogen and oxygen atoms in total. The van der Waals surface area contributed by atoms with Crippen molar-refractivity contribution in [3.05, 3.63) is 38.0 Å². The van der Waals surface area contributed by atoms with Crippen molar-refractivity contribution < 1.29 is 34.3 Å². The van der Waals surface area contributed by atoms with Gasteiger partial charge in [-0.1, -0.05) is 6.07 Å². The normalized spacial score (nSPS) is 17.2. The number of carbonyl (C=O) groups is 1. The van der Waals surface area contributed by atoms with E-state index >= 15 is 0 Å². The van der Waals surface area contributed by atoms with Crippen LogP contribution in [-0.4, -0.2) is 61.9 Å². The van der Waals surface area contributed by atoms with Gasteiger partial charge in [-0.25, -0.2) is 12.9 Å². The number of sulfonamides is 1. The van der Waals surface area contributed by atoms with Gasteiger partial charge in [0.1, 0.15) is 5.54 Å². The van der Waals surface area contributed by atoms with Crippen LogP contribution in [0.15, 0.2) is 30.6 Å². The molecular weight excluding hydrogens is 628 g/mol. The number of amides is 1. The predicted molar refractivity (Wildman–Crippen MR) is 121 cm³/mol. The maximum Gasteiger partial charge on any atom is 0.249 e. The molecule has 3 aromatic rings. The second-order valence-corrected chi connectivity index (χ2v) is 10.5. The van der Waals surface area contributed by atoms with Crippen molar-refractivity contribution in [2.45, 2.75) is 31.7 Å². The first-order valence-electron chi connectivity index (χ1n) is 10.4. The van der Waals surface area contributed by atoms with Gasteiger partial charge < -0.3 is 7.43 Å². The van der Waals surface area contributed by atoms with Crippen molar-refractivity contribution in [1.82, 2.24) is 28.7 Å². The van der Waals surface area contributed by atoms with Crippen molar-refractivity contribution in [1.29, 1.82) is 5.26 Å². The molecule has 180 valence electrons. The monoisotopic (exact) mass is 653 g/mol. The van der Waals surface area contributed by atoms with Crippen LogP contribution in [0.1, 0.15) is 26.2 Å². The standard InChI is InChI=1S/C20H22N8O3S.CH3.W/c1-2-32(30,31)26-12-20(13-26,8-9-21)27-11-15(10-22-27)16-4-3-5-17-23-19(25-28(16)17)24-18(29)14-6-7-14;;/h3-5,10-11,14H,2,6-8,12-13H2,1H3,(H,24,25,29);1H3;/q;-1;. The summed E-state index contributed by atoms with van der Waals surface area (Å²) in [6, 6.07) is 7.66. The van der Waals surface area contributed by atoms with Crippen molar-refractivity contribution in [2.24, 2.45) is 5.92 Å². The molecule has 34 heavy (non-hydrogen) atoms. The number of carbonyl (C=O) groups excluding carboxylic acids is 1. The summed E-state index contributed by atoms with van der Waals surface area (Å²) in [7, 11) is -3.32. The van der Waals surface area contributed by atoms with E-state index in [9.17, 15) is 18.5 Å². The van der Waals surface area contributed by atoms with Crippen LogP contribution < -0.4 is 5.32 Å². The number of nitrogens with zero attached hydrogens (tertiary/aromatic N) is 7. The maximum atomic E-state index is 12.2. The van der Waals surface area contributed by atoms with Crippen molar-refractivity contribution >= 4 is 27.5 Å². The molecule has 1 saturated carbocycles. The Balaban J connectivity index is 0.00000162. The molecular formula is C21H25N8O3SW-. The first kappa shape index (κ1) is 26.0. The first-order valence-corrected chi connectivity index (χ1v) is 12.0. The fourth-order valence-electron chi connectivity index (χ4n) is 3.92. The smallest absolute Gasteiger partial charge is 0.249 e. The van der Waals surface area contributed by atoms with Crippen LogP contribution in [0, 0.1) is 24.7 Å².